The lowest BCUT2D eigenvalue weighted by Crippen LogP contribution is -2.31. The van der Waals surface area contributed by atoms with Gasteiger partial charge < -0.3 is 19.8 Å². The van der Waals surface area contributed by atoms with E-state index in [0.717, 1.165) is 11.3 Å². The van der Waals surface area contributed by atoms with E-state index >= 15 is 0 Å². The average Bonchev–Trinajstić information content (AvgIpc) is 2.61. The molecule has 8 heteroatoms. The maximum absolute atomic E-state index is 12.7. The van der Waals surface area contributed by atoms with Crippen LogP contribution in [0.1, 0.15) is 37.3 Å². The lowest BCUT2D eigenvalue weighted by Gasteiger charge is -2.25. The van der Waals surface area contributed by atoms with Gasteiger partial charge in [-0.1, -0.05) is 24.8 Å². The number of hydrogen-bond acceptors (Lipinski definition) is 6. The number of fused-ring (bicyclic) bond motifs is 1. The van der Waals surface area contributed by atoms with Gasteiger partial charge in [-0.3, -0.25) is 9.59 Å². The summed E-state index contributed by atoms with van der Waals surface area (Å²) in [5, 5.41) is 3.22. The van der Waals surface area contributed by atoms with E-state index in [1.54, 1.807) is 13.2 Å². The molecule has 2 heterocycles. The molecule has 2 N–H and O–H groups in total. The molecule has 1 aliphatic heterocycles. The predicted octanol–water partition coefficient (Wildman–Crippen LogP) is 2.76. The summed E-state index contributed by atoms with van der Waals surface area (Å²) in [6, 6.07) is 5.47. The molecule has 1 atom stereocenters. The minimum Gasteiger partial charge on any atom is -0.493 e. The Hall–Kier alpha value is -2.48. The fourth-order valence-electron chi connectivity index (χ4n) is 3.02. The minimum atomic E-state index is -0.389. The number of hydrogen-bond donors (Lipinski definition) is 2. The van der Waals surface area contributed by atoms with Crippen LogP contribution >= 0.6 is 11.8 Å². The summed E-state index contributed by atoms with van der Waals surface area (Å²) in [6.45, 7) is 4.38. The average molecular weight is 375 g/mol. The first-order chi connectivity index (χ1) is 12.6. The number of aromatic amines is 1. The fourth-order valence-corrected chi connectivity index (χ4v) is 3.61. The maximum Gasteiger partial charge on any atom is 0.257 e. The van der Waals surface area contributed by atoms with E-state index in [0.29, 0.717) is 34.6 Å². The zero-order valence-corrected chi connectivity index (χ0v) is 15.7. The molecular formula is C18H21N3O4S. The maximum atomic E-state index is 12.7. The molecule has 138 valence electrons. The summed E-state index contributed by atoms with van der Waals surface area (Å²) < 4.78 is 10.9. The Morgan fingerprint density at radius 1 is 1.27 bits per heavy atom. The molecule has 0 radical (unpaired) electrons. The first-order valence-corrected chi connectivity index (χ1v) is 9.43. The number of methoxy groups -OCH3 is 1. The van der Waals surface area contributed by atoms with E-state index in [1.165, 1.54) is 11.8 Å². The van der Waals surface area contributed by atoms with Crippen LogP contribution in [0.15, 0.2) is 28.2 Å². The van der Waals surface area contributed by atoms with Crippen molar-refractivity contribution in [1.82, 2.24) is 9.97 Å². The number of nitrogens with one attached hydrogen (secondary N) is 2. The van der Waals surface area contributed by atoms with Crippen LogP contribution in [0.25, 0.3) is 0 Å². The zero-order chi connectivity index (χ0) is 18.7. The Labute approximate surface area is 155 Å². The SMILES string of the molecule is CCOc1ccc([C@H]2CC(=O)Nc3nc(SCC)[nH]c(=O)c32)cc1OC. The molecule has 3 rings (SSSR count). The summed E-state index contributed by atoms with van der Waals surface area (Å²) in [4.78, 5) is 32.0. The standard InChI is InChI=1S/C18H21N3O4S/c1-4-25-12-7-6-10(8-13(12)24-3)11-9-14(22)19-16-15(11)17(23)21-18(20-16)26-5-2/h6-8,11H,4-5,9H2,1-3H3,(H2,19,20,21,22,23)/t11-/m1/s1. The third-order valence-electron chi connectivity index (χ3n) is 4.10. The van der Waals surface area contributed by atoms with E-state index in [1.807, 2.05) is 26.0 Å². The highest BCUT2D eigenvalue weighted by molar-refractivity contribution is 7.99. The van der Waals surface area contributed by atoms with Crippen molar-refractivity contribution in [3.05, 3.63) is 39.7 Å². The van der Waals surface area contributed by atoms with Gasteiger partial charge in [0, 0.05) is 12.3 Å². The molecule has 7 nitrogen and oxygen atoms in total. The Morgan fingerprint density at radius 3 is 2.77 bits per heavy atom. The van der Waals surface area contributed by atoms with Gasteiger partial charge in [-0.2, -0.15) is 0 Å². The number of nitrogens with zero attached hydrogens (tertiary/aromatic N) is 1. The molecule has 0 unspecified atom stereocenters. The van der Waals surface area contributed by atoms with Gasteiger partial charge in [0.2, 0.25) is 5.91 Å². The van der Waals surface area contributed by atoms with E-state index < -0.39 is 0 Å². The monoisotopic (exact) mass is 375 g/mol. The Bertz CT molecular complexity index is 881. The highest BCUT2D eigenvalue weighted by Gasteiger charge is 2.31. The number of thioether (sulfide) groups is 1. The van der Waals surface area contributed by atoms with Crippen LogP contribution in [0.2, 0.25) is 0 Å². The number of amides is 1. The van der Waals surface area contributed by atoms with Gasteiger partial charge in [0.05, 0.1) is 19.3 Å². The molecule has 1 aliphatic rings. The normalized spacial score (nSPS) is 16.0. The van der Waals surface area contributed by atoms with Gasteiger partial charge in [0.25, 0.3) is 5.56 Å². The molecule has 26 heavy (non-hydrogen) atoms. The van der Waals surface area contributed by atoms with Gasteiger partial charge in [0.1, 0.15) is 5.82 Å². The van der Waals surface area contributed by atoms with Crippen molar-refractivity contribution in [3.63, 3.8) is 0 Å². The van der Waals surface area contributed by atoms with E-state index in [-0.39, 0.29) is 23.8 Å². The largest absolute Gasteiger partial charge is 0.493 e. The number of carbonyl (C=O) groups excluding carboxylic acids is 1. The molecule has 0 saturated carbocycles. The molecule has 0 aliphatic carbocycles. The van der Waals surface area contributed by atoms with Gasteiger partial charge in [-0.15, -0.1) is 0 Å². The van der Waals surface area contributed by atoms with Crippen LogP contribution < -0.4 is 20.3 Å². The zero-order valence-electron chi connectivity index (χ0n) is 14.9. The summed E-state index contributed by atoms with van der Waals surface area (Å²) in [7, 11) is 1.56. The van der Waals surface area contributed by atoms with E-state index in [9.17, 15) is 9.59 Å². The van der Waals surface area contributed by atoms with Gasteiger partial charge >= 0.3 is 0 Å². The van der Waals surface area contributed by atoms with Gasteiger partial charge in [-0.05, 0) is 30.4 Å². The second-order valence-corrected chi connectivity index (χ2v) is 6.97. The smallest absolute Gasteiger partial charge is 0.257 e. The Morgan fingerprint density at radius 2 is 2.08 bits per heavy atom. The summed E-state index contributed by atoms with van der Waals surface area (Å²) in [5.74, 6) is 1.75. The quantitative estimate of drug-likeness (QED) is 0.596. The molecule has 1 aromatic carbocycles. The number of rotatable bonds is 6. The van der Waals surface area contributed by atoms with Crippen molar-refractivity contribution in [3.8, 4) is 11.5 Å². The predicted molar refractivity (Wildman–Crippen MR) is 101 cm³/mol. The molecule has 0 fully saturated rings. The first kappa shape index (κ1) is 18.3. The van der Waals surface area contributed by atoms with Crippen LogP contribution in [0.5, 0.6) is 11.5 Å². The van der Waals surface area contributed by atoms with Crippen LogP contribution in [0.4, 0.5) is 5.82 Å². The lowest BCUT2D eigenvalue weighted by molar-refractivity contribution is -0.116. The fraction of sp³-hybridized carbons (Fsp3) is 0.389. The van der Waals surface area contributed by atoms with Crippen molar-refractivity contribution in [1.29, 1.82) is 0 Å². The minimum absolute atomic E-state index is 0.166. The number of ether oxygens (including phenoxy) is 2. The van der Waals surface area contributed by atoms with Crippen LogP contribution in [0, 0.1) is 0 Å². The number of anilines is 1. The van der Waals surface area contributed by atoms with Crippen LogP contribution in [-0.2, 0) is 4.79 Å². The number of benzene rings is 1. The lowest BCUT2D eigenvalue weighted by atomic mass is 9.86. The van der Waals surface area contributed by atoms with E-state index in [4.69, 9.17) is 9.47 Å². The number of aromatic nitrogens is 2. The molecular weight excluding hydrogens is 354 g/mol. The van der Waals surface area contributed by atoms with Crippen LogP contribution in [-0.4, -0.2) is 35.3 Å². The van der Waals surface area contributed by atoms with Crippen molar-refractivity contribution >= 4 is 23.5 Å². The first-order valence-electron chi connectivity index (χ1n) is 8.44. The van der Waals surface area contributed by atoms with Gasteiger partial charge in [-0.25, -0.2) is 4.98 Å². The molecule has 0 bridgehead atoms. The highest BCUT2D eigenvalue weighted by atomic mass is 32.2. The summed E-state index contributed by atoms with van der Waals surface area (Å²) in [6.07, 6.45) is 0.176. The van der Waals surface area contributed by atoms with Crippen molar-refractivity contribution in [2.75, 3.05) is 24.8 Å². The highest BCUT2D eigenvalue weighted by Crippen LogP contribution is 2.38. The second-order valence-electron chi connectivity index (χ2n) is 5.71. The van der Waals surface area contributed by atoms with Crippen molar-refractivity contribution < 1.29 is 14.3 Å². The van der Waals surface area contributed by atoms with E-state index in [2.05, 4.69) is 15.3 Å². The molecule has 0 saturated heterocycles. The summed E-state index contributed by atoms with van der Waals surface area (Å²) in [5.41, 5.74) is 1.05. The molecule has 0 spiro atoms. The second kappa shape index (κ2) is 7.82. The van der Waals surface area contributed by atoms with Gasteiger partial charge in [0.15, 0.2) is 16.7 Å². The molecule has 2 aromatic rings. The Kier molecular flexibility index (Phi) is 5.51. The topological polar surface area (TPSA) is 93.3 Å². The van der Waals surface area contributed by atoms with Crippen molar-refractivity contribution in [2.45, 2.75) is 31.3 Å². The number of carbonyl (C=O) groups is 1. The Balaban J connectivity index is 2.07. The van der Waals surface area contributed by atoms with Crippen LogP contribution in [0.3, 0.4) is 0 Å². The number of H-pyrrole nitrogens is 1. The van der Waals surface area contributed by atoms with Crippen molar-refractivity contribution in [2.24, 2.45) is 0 Å². The summed E-state index contributed by atoms with van der Waals surface area (Å²) >= 11 is 1.42. The molecule has 1 aromatic heterocycles. The third kappa shape index (κ3) is 3.55. The molecule has 1 amide bonds. The third-order valence-corrected chi connectivity index (χ3v) is 4.86.